The van der Waals surface area contributed by atoms with E-state index in [9.17, 15) is 14.7 Å². The van der Waals surface area contributed by atoms with Gasteiger partial charge in [-0.1, -0.05) is 39.3 Å². The number of hydrogen-bond acceptors (Lipinski definition) is 3. The maximum absolute atomic E-state index is 13.9. The quantitative estimate of drug-likeness (QED) is 0.530. The summed E-state index contributed by atoms with van der Waals surface area (Å²) in [5, 5.41) is 10.4. The molecule has 3 aliphatic rings. The lowest BCUT2D eigenvalue weighted by Crippen LogP contribution is -2.42. The highest BCUT2D eigenvalue weighted by Gasteiger charge is 2.42. The number of amides is 1. The molecule has 5 nitrogen and oxygen atoms in total. The predicted octanol–water partition coefficient (Wildman–Crippen LogP) is 5.84. The molecule has 5 rings (SSSR count). The summed E-state index contributed by atoms with van der Waals surface area (Å²) in [6.07, 6.45) is 6.33. The van der Waals surface area contributed by atoms with Gasteiger partial charge in [0, 0.05) is 12.1 Å². The highest BCUT2D eigenvalue weighted by atomic mass is 16.3. The number of aromatic nitrogens is 1. The van der Waals surface area contributed by atoms with Crippen molar-refractivity contribution >= 4 is 17.1 Å². The average Bonchev–Trinajstić information content (AvgIpc) is 3.42. The van der Waals surface area contributed by atoms with E-state index in [0.717, 1.165) is 54.5 Å². The van der Waals surface area contributed by atoms with Crippen molar-refractivity contribution < 1.29 is 9.90 Å². The largest absolute Gasteiger partial charge is 0.383 e. The number of benzene rings is 1. The third kappa shape index (κ3) is 4.63. The first kappa shape index (κ1) is 27.6. The minimum atomic E-state index is -0.918. The predicted molar refractivity (Wildman–Crippen MR) is 159 cm³/mol. The summed E-state index contributed by atoms with van der Waals surface area (Å²) < 4.78 is 1.98. The van der Waals surface area contributed by atoms with Crippen molar-refractivity contribution in [3.8, 4) is 0 Å². The molecule has 0 radical (unpaired) electrons. The van der Waals surface area contributed by atoms with Crippen LogP contribution in [0.4, 0.5) is 0 Å². The third-order valence-corrected chi connectivity index (χ3v) is 9.15. The zero-order valence-electron chi connectivity index (χ0n) is 24.8. The van der Waals surface area contributed by atoms with Gasteiger partial charge in [0.05, 0.1) is 18.3 Å². The monoisotopic (exact) mass is 528 g/mol. The Bertz CT molecular complexity index is 1460. The molecule has 0 spiro atoms. The van der Waals surface area contributed by atoms with Gasteiger partial charge in [0.15, 0.2) is 0 Å². The molecule has 0 saturated carbocycles. The van der Waals surface area contributed by atoms with Crippen LogP contribution in [0.3, 0.4) is 0 Å². The van der Waals surface area contributed by atoms with Crippen LogP contribution in [-0.4, -0.2) is 39.2 Å². The number of carbonyl (C=O) groups excluding carboxylic acids is 1. The van der Waals surface area contributed by atoms with Gasteiger partial charge in [-0.25, -0.2) is 0 Å². The van der Waals surface area contributed by atoms with E-state index in [-0.39, 0.29) is 17.5 Å². The highest BCUT2D eigenvalue weighted by molar-refractivity contribution is 5.96. The summed E-state index contributed by atoms with van der Waals surface area (Å²) in [5.41, 5.74) is 13.1. The molecule has 1 aromatic heterocycles. The lowest BCUT2D eigenvalue weighted by molar-refractivity contribution is -0.135. The maximum atomic E-state index is 13.9. The fraction of sp³-hybridized carbons (Fsp3) is 0.529. The number of rotatable bonds is 5. The molecule has 1 N–H and O–H groups in total. The van der Waals surface area contributed by atoms with Crippen LogP contribution in [-0.2, 0) is 24.2 Å². The number of nitrogens with zero attached hydrogens (tertiary/aromatic N) is 2. The van der Waals surface area contributed by atoms with Crippen molar-refractivity contribution in [2.45, 2.75) is 106 Å². The van der Waals surface area contributed by atoms with Gasteiger partial charge >= 0.3 is 0 Å². The fourth-order valence-electron chi connectivity index (χ4n) is 7.10. The second kappa shape index (κ2) is 10.6. The van der Waals surface area contributed by atoms with E-state index in [0.29, 0.717) is 25.4 Å². The molecule has 0 bridgehead atoms. The second-order valence-electron chi connectivity index (χ2n) is 12.4. The van der Waals surface area contributed by atoms with Crippen molar-refractivity contribution in [1.82, 2.24) is 9.47 Å². The molecule has 5 heteroatoms. The Morgan fingerprint density at radius 1 is 1.05 bits per heavy atom. The summed E-state index contributed by atoms with van der Waals surface area (Å²) in [6.45, 7) is 16.2. The van der Waals surface area contributed by atoms with E-state index < -0.39 is 6.10 Å². The number of unbranched alkanes of at least 4 members (excludes halogenated alkanes) is 1. The summed E-state index contributed by atoms with van der Waals surface area (Å²) >= 11 is 0. The van der Waals surface area contributed by atoms with Crippen LogP contribution in [0.5, 0.6) is 0 Å². The maximum Gasteiger partial charge on any atom is 0.254 e. The molecule has 1 amide bonds. The Balaban J connectivity index is 1.81. The molecule has 3 heterocycles. The molecular formula is C34H44N2O3. The van der Waals surface area contributed by atoms with Crippen LogP contribution in [0.15, 0.2) is 28.6 Å². The topological polar surface area (TPSA) is 62.5 Å². The molecule has 1 unspecified atom stereocenters. The number of aliphatic hydroxyl groups excluding tert-OH is 1. The molecule has 39 heavy (non-hydrogen) atoms. The number of allylic oxidation sites excluding steroid dienone is 3. The molecule has 1 aliphatic carbocycles. The normalized spacial score (nSPS) is 23.8. The Morgan fingerprint density at radius 2 is 1.79 bits per heavy atom. The molecule has 208 valence electrons. The van der Waals surface area contributed by atoms with Gasteiger partial charge in [0.1, 0.15) is 6.10 Å². The van der Waals surface area contributed by atoms with Gasteiger partial charge in [-0.15, -0.1) is 0 Å². The molecule has 2 aromatic rings. The smallest absolute Gasteiger partial charge is 0.254 e. The van der Waals surface area contributed by atoms with Crippen molar-refractivity contribution in [2.75, 3.05) is 6.54 Å². The lowest BCUT2D eigenvalue weighted by Gasteiger charge is -2.38. The van der Waals surface area contributed by atoms with Crippen LogP contribution in [0, 0.1) is 33.6 Å². The number of likely N-dealkylation sites (tertiary alicyclic amines) is 1. The molecule has 2 atom stereocenters. The van der Waals surface area contributed by atoms with Crippen molar-refractivity contribution in [3.63, 3.8) is 0 Å². The first-order valence-electron chi connectivity index (χ1n) is 14.8. The first-order chi connectivity index (χ1) is 18.5. The number of aliphatic hydroxyl groups is 1. The fourth-order valence-corrected chi connectivity index (χ4v) is 7.10. The Labute approximate surface area is 233 Å². The summed E-state index contributed by atoms with van der Waals surface area (Å²) in [6, 6.07) is 4.38. The Morgan fingerprint density at radius 3 is 2.44 bits per heavy atom. The summed E-state index contributed by atoms with van der Waals surface area (Å²) in [5.74, 6) is 0.241. The van der Waals surface area contributed by atoms with E-state index in [2.05, 4.69) is 66.7 Å². The number of pyridine rings is 1. The minimum Gasteiger partial charge on any atom is -0.383 e. The van der Waals surface area contributed by atoms with Gasteiger partial charge in [-0.05, 0) is 122 Å². The van der Waals surface area contributed by atoms with Crippen LogP contribution >= 0.6 is 0 Å². The third-order valence-electron chi connectivity index (χ3n) is 9.15. The molecule has 1 fully saturated rings. The molecule has 1 aromatic carbocycles. The second-order valence-corrected chi connectivity index (χ2v) is 12.4. The number of hydrogen-bond donors (Lipinski definition) is 1. The van der Waals surface area contributed by atoms with E-state index in [4.69, 9.17) is 0 Å². The van der Waals surface area contributed by atoms with Gasteiger partial charge in [0.2, 0.25) is 0 Å². The zero-order valence-corrected chi connectivity index (χ0v) is 24.8. The molecule has 2 aliphatic heterocycles. The number of carbonyl (C=O) groups is 1. The van der Waals surface area contributed by atoms with E-state index >= 15 is 0 Å². The van der Waals surface area contributed by atoms with E-state index in [1.807, 2.05) is 9.47 Å². The Kier molecular flexibility index (Phi) is 7.49. The van der Waals surface area contributed by atoms with Gasteiger partial charge < -0.3 is 14.6 Å². The lowest BCUT2D eigenvalue weighted by atomic mass is 9.75. The minimum absolute atomic E-state index is 0.107. The number of fused-ring (bicyclic) bond motifs is 2. The Hall–Kier alpha value is -2.92. The average molecular weight is 529 g/mol. The highest BCUT2D eigenvalue weighted by Crippen LogP contribution is 2.46. The molecular weight excluding hydrogens is 484 g/mol. The van der Waals surface area contributed by atoms with Gasteiger partial charge in [-0.2, -0.15) is 0 Å². The first-order valence-corrected chi connectivity index (χ1v) is 14.8. The van der Waals surface area contributed by atoms with Gasteiger partial charge in [0.25, 0.3) is 11.5 Å². The summed E-state index contributed by atoms with van der Waals surface area (Å²) in [7, 11) is 0. The zero-order chi connectivity index (χ0) is 28.2. The van der Waals surface area contributed by atoms with Crippen LogP contribution in [0.25, 0.3) is 11.1 Å². The van der Waals surface area contributed by atoms with Crippen LogP contribution in [0.2, 0.25) is 0 Å². The van der Waals surface area contributed by atoms with Crippen LogP contribution in [0.1, 0.15) is 91.1 Å². The van der Waals surface area contributed by atoms with E-state index in [1.165, 1.54) is 39.0 Å². The SMILES string of the molecule is CCC/C=C1/C(=C2\c3c(C)cc(C)c(C)c3CC[C@@H]2N2CCC(O)C2=O)Cn2c1cc(C)c(CC(C)C)c2=O. The van der Waals surface area contributed by atoms with Gasteiger partial charge in [-0.3, -0.25) is 9.59 Å². The summed E-state index contributed by atoms with van der Waals surface area (Å²) in [4.78, 5) is 29.0. The van der Waals surface area contributed by atoms with Crippen LogP contribution < -0.4 is 5.56 Å². The molecule has 1 saturated heterocycles. The van der Waals surface area contributed by atoms with Crippen molar-refractivity contribution in [2.24, 2.45) is 5.92 Å². The van der Waals surface area contributed by atoms with E-state index in [1.54, 1.807) is 0 Å². The van der Waals surface area contributed by atoms with Crippen molar-refractivity contribution in [3.05, 3.63) is 78.8 Å². The van der Waals surface area contributed by atoms with Crippen molar-refractivity contribution in [1.29, 1.82) is 0 Å². The standard InChI is InChI=1S/C34H44N2O3/c1-8-9-10-25-27(18-36-29(25)17-21(5)26(33(36)38)15-19(2)3)32-28(35-14-13-30(37)34(35)39)12-11-24-23(7)20(4)16-22(6)31(24)32/h10,16-17,19,28,30,37H,8-9,11-15,18H2,1-7H3/b25-10-,32-27-/t28-,30?/m0/s1. The number of aryl methyl sites for hydroxylation is 3.